The Labute approximate surface area is 283 Å². The molecule has 0 aliphatic heterocycles. The summed E-state index contributed by atoms with van der Waals surface area (Å²) in [5.41, 5.74) is 8.46. The molecule has 1 aromatic heterocycles. The van der Waals surface area contributed by atoms with Crippen LogP contribution in [-0.4, -0.2) is 35.0 Å². The zero-order valence-electron chi connectivity index (χ0n) is 27.9. The number of aryl methyl sites for hydroxylation is 2. The number of carbonyl (C=O) groups is 1. The van der Waals surface area contributed by atoms with E-state index in [2.05, 4.69) is 4.90 Å². The Bertz CT molecular complexity index is 1830. The van der Waals surface area contributed by atoms with Crippen LogP contribution in [0.15, 0.2) is 77.6 Å². The Morgan fingerprint density at radius 1 is 0.878 bits per heavy atom. The molecule has 1 atom stereocenters. The standard InChI is InChI=1S/C39H42F5N3O2/c1-3-46(4-2)23-22-38(37(45)49,25-26-12-14-27(15-13-26)28-16-19-30(20-17-28)39(42,43)44)47-31(21-18-29-8-7-10-33(40)36(29)41)24-35(48)32-9-5-6-11-34(32)47/h7-8,10,12-17,19-20,24H,3-6,9,11,18,21-23,25H2,1-2H3,(H2,45,49). The first-order valence-electron chi connectivity index (χ1n) is 16.9. The fourth-order valence-corrected chi connectivity index (χ4v) is 7.09. The summed E-state index contributed by atoms with van der Waals surface area (Å²) in [5, 5.41) is 0. The molecule has 260 valence electrons. The van der Waals surface area contributed by atoms with E-state index in [9.17, 15) is 31.5 Å². The lowest BCUT2D eigenvalue weighted by Gasteiger charge is -2.40. The summed E-state index contributed by atoms with van der Waals surface area (Å²) < 4.78 is 70.2. The molecule has 10 heteroatoms. The summed E-state index contributed by atoms with van der Waals surface area (Å²) in [4.78, 5) is 29.7. The molecule has 49 heavy (non-hydrogen) atoms. The largest absolute Gasteiger partial charge is 0.416 e. The van der Waals surface area contributed by atoms with Gasteiger partial charge in [-0.2, -0.15) is 13.2 Å². The van der Waals surface area contributed by atoms with Gasteiger partial charge in [-0.1, -0.05) is 62.4 Å². The molecule has 1 aliphatic rings. The van der Waals surface area contributed by atoms with Crippen molar-refractivity contribution < 1.29 is 26.7 Å². The van der Waals surface area contributed by atoms with Gasteiger partial charge in [0.05, 0.1) is 5.56 Å². The van der Waals surface area contributed by atoms with Crippen LogP contribution < -0.4 is 11.2 Å². The normalized spacial score (nSPS) is 14.4. The van der Waals surface area contributed by atoms with Gasteiger partial charge >= 0.3 is 6.18 Å². The molecule has 4 aromatic rings. The van der Waals surface area contributed by atoms with E-state index >= 15 is 0 Å². The SMILES string of the molecule is CCN(CC)CCC(Cc1ccc(-c2ccc(C(F)(F)F)cc2)cc1)(C(N)=O)n1c(CCc2cccc(F)c2F)cc(=O)c2c1CCCC2. The fraction of sp³-hybridized carbons (Fsp3) is 0.385. The number of benzene rings is 3. The van der Waals surface area contributed by atoms with Gasteiger partial charge in [-0.25, -0.2) is 8.78 Å². The van der Waals surface area contributed by atoms with Crippen molar-refractivity contribution in [2.75, 3.05) is 19.6 Å². The highest BCUT2D eigenvalue weighted by Crippen LogP contribution is 2.35. The maximum Gasteiger partial charge on any atom is 0.416 e. The van der Waals surface area contributed by atoms with Gasteiger partial charge in [0.25, 0.3) is 0 Å². The summed E-state index contributed by atoms with van der Waals surface area (Å²) >= 11 is 0. The molecule has 1 heterocycles. The molecular weight excluding hydrogens is 637 g/mol. The van der Waals surface area contributed by atoms with Crippen LogP contribution in [0.1, 0.15) is 66.8 Å². The van der Waals surface area contributed by atoms with Crippen LogP contribution in [0.4, 0.5) is 22.0 Å². The van der Waals surface area contributed by atoms with E-state index in [0.717, 1.165) is 55.4 Å². The Balaban J connectivity index is 1.61. The molecular formula is C39H42F5N3O2. The van der Waals surface area contributed by atoms with Gasteiger partial charge in [0.1, 0.15) is 5.54 Å². The summed E-state index contributed by atoms with van der Waals surface area (Å²) in [5.74, 6) is -2.46. The van der Waals surface area contributed by atoms with Crippen molar-refractivity contribution in [3.05, 3.63) is 128 Å². The first-order chi connectivity index (χ1) is 23.4. The quantitative estimate of drug-likeness (QED) is 0.148. The number of hydrogen-bond acceptors (Lipinski definition) is 3. The van der Waals surface area contributed by atoms with Gasteiger partial charge in [-0.05, 0) is 98.5 Å². The molecule has 0 saturated heterocycles. The van der Waals surface area contributed by atoms with Crippen molar-refractivity contribution in [1.82, 2.24) is 9.47 Å². The lowest BCUT2D eigenvalue weighted by molar-refractivity contribution is -0.137. The van der Waals surface area contributed by atoms with Crippen LogP contribution in [-0.2, 0) is 48.6 Å². The third-order valence-electron chi connectivity index (χ3n) is 9.89. The third-order valence-corrected chi connectivity index (χ3v) is 9.89. The Kier molecular flexibility index (Phi) is 11.1. The van der Waals surface area contributed by atoms with Crippen molar-refractivity contribution in [2.24, 2.45) is 5.73 Å². The Morgan fingerprint density at radius 2 is 1.51 bits per heavy atom. The number of nitrogens with two attached hydrogens (primary N) is 1. The number of amides is 1. The number of alkyl halides is 3. The van der Waals surface area contributed by atoms with Crippen LogP contribution >= 0.6 is 0 Å². The lowest BCUT2D eigenvalue weighted by atomic mass is 9.82. The highest BCUT2D eigenvalue weighted by molar-refractivity contribution is 5.83. The number of halogens is 5. The molecule has 1 unspecified atom stereocenters. The Morgan fingerprint density at radius 3 is 2.12 bits per heavy atom. The number of nitrogens with zero attached hydrogens (tertiary/aromatic N) is 2. The number of rotatable bonds is 13. The smallest absolute Gasteiger partial charge is 0.368 e. The number of aromatic nitrogens is 1. The number of hydrogen-bond donors (Lipinski definition) is 1. The molecule has 0 spiro atoms. The average Bonchev–Trinajstić information content (AvgIpc) is 3.09. The summed E-state index contributed by atoms with van der Waals surface area (Å²) in [6, 6.07) is 17.8. The molecule has 3 aromatic carbocycles. The van der Waals surface area contributed by atoms with Gasteiger partial charge in [-0.15, -0.1) is 0 Å². The fourth-order valence-electron chi connectivity index (χ4n) is 7.09. The monoisotopic (exact) mass is 679 g/mol. The van der Waals surface area contributed by atoms with Crippen molar-refractivity contribution in [2.45, 2.75) is 76.9 Å². The zero-order chi connectivity index (χ0) is 35.3. The van der Waals surface area contributed by atoms with Gasteiger partial charge in [0.15, 0.2) is 17.1 Å². The average molecular weight is 680 g/mol. The van der Waals surface area contributed by atoms with E-state index in [1.54, 1.807) is 0 Å². The van der Waals surface area contributed by atoms with E-state index in [0.29, 0.717) is 48.2 Å². The molecule has 0 radical (unpaired) electrons. The van der Waals surface area contributed by atoms with Gasteiger partial charge < -0.3 is 15.2 Å². The van der Waals surface area contributed by atoms with Crippen LogP contribution in [0.3, 0.4) is 0 Å². The summed E-state index contributed by atoms with van der Waals surface area (Å²) in [7, 11) is 0. The van der Waals surface area contributed by atoms with Gasteiger partial charge in [0.2, 0.25) is 5.91 Å². The van der Waals surface area contributed by atoms with Crippen LogP contribution in [0.5, 0.6) is 0 Å². The molecule has 0 saturated carbocycles. The molecule has 5 nitrogen and oxygen atoms in total. The van der Waals surface area contributed by atoms with E-state index in [1.165, 1.54) is 30.3 Å². The van der Waals surface area contributed by atoms with E-state index in [4.69, 9.17) is 5.73 Å². The maximum atomic E-state index is 14.7. The van der Waals surface area contributed by atoms with Gasteiger partial charge in [-0.3, -0.25) is 9.59 Å². The highest BCUT2D eigenvalue weighted by Gasteiger charge is 2.42. The molecule has 5 rings (SSSR count). The van der Waals surface area contributed by atoms with Crippen molar-refractivity contribution >= 4 is 5.91 Å². The first-order valence-corrected chi connectivity index (χ1v) is 16.9. The minimum absolute atomic E-state index is 0.106. The van der Waals surface area contributed by atoms with E-state index < -0.39 is 34.8 Å². The van der Waals surface area contributed by atoms with Crippen LogP contribution in [0, 0.1) is 11.6 Å². The molecule has 1 amide bonds. The number of carbonyl (C=O) groups excluding carboxylic acids is 1. The molecule has 2 N–H and O–H groups in total. The number of pyridine rings is 1. The number of fused-ring (bicyclic) bond motifs is 1. The van der Waals surface area contributed by atoms with Crippen molar-refractivity contribution in [3.63, 3.8) is 0 Å². The maximum absolute atomic E-state index is 14.7. The first kappa shape index (κ1) is 36.0. The summed E-state index contributed by atoms with van der Waals surface area (Å²) in [6.45, 7) is 6.12. The second-order valence-corrected chi connectivity index (χ2v) is 12.8. The predicted octanol–water partition coefficient (Wildman–Crippen LogP) is 7.63. The molecule has 1 aliphatic carbocycles. The topological polar surface area (TPSA) is 68.3 Å². The minimum atomic E-state index is -4.43. The second kappa shape index (κ2) is 15.1. The van der Waals surface area contributed by atoms with Gasteiger partial charge in [0, 0.05) is 36.0 Å². The summed E-state index contributed by atoms with van der Waals surface area (Å²) in [6.07, 6.45) is -0.832. The van der Waals surface area contributed by atoms with Crippen molar-refractivity contribution in [1.29, 1.82) is 0 Å². The third kappa shape index (κ3) is 7.80. The predicted molar refractivity (Wildman–Crippen MR) is 181 cm³/mol. The van der Waals surface area contributed by atoms with Crippen LogP contribution in [0.25, 0.3) is 11.1 Å². The lowest BCUT2D eigenvalue weighted by Crippen LogP contribution is -2.53. The van der Waals surface area contributed by atoms with Crippen molar-refractivity contribution in [3.8, 4) is 11.1 Å². The van der Waals surface area contributed by atoms with E-state index in [-0.39, 0.29) is 30.3 Å². The second-order valence-electron chi connectivity index (χ2n) is 12.8. The van der Waals surface area contributed by atoms with Crippen LogP contribution in [0.2, 0.25) is 0 Å². The Hall–Kier alpha value is -4.31. The minimum Gasteiger partial charge on any atom is -0.368 e. The molecule has 0 fully saturated rings. The number of primary amides is 1. The highest BCUT2D eigenvalue weighted by atomic mass is 19.4. The molecule has 0 bridgehead atoms. The zero-order valence-corrected chi connectivity index (χ0v) is 27.9. The van der Waals surface area contributed by atoms with E-state index in [1.807, 2.05) is 42.7 Å².